The second-order valence-corrected chi connectivity index (χ2v) is 6.60. The van der Waals surface area contributed by atoms with E-state index >= 15 is 0 Å². The SMILES string of the molecule is CC(C)(C)c1csc(NC(=O)c2c(F)cccc2Cl)n1. The van der Waals surface area contributed by atoms with Crippen LogP contribution in [0, 0.1) is 5.82 Å². The highest BCUT2D eigenvalue weighted by Crippen LogP contribution is 2.27. The van der Waals surface area contributed by atoms with Gasteiger partial charge in [0.25, 0.3) is 5.91 Å². The highest BCUT2D eigenvalue weighted by Gasteiger charge is 2.20. The number of benzene rings is 1. The first-order valence-electron chi connectivity index (χ1n) is 6.00. The van der Waals surface area contributed by atoms with Gasteiger partial charge in [0.15, 0.2) is 5.13 Å². The van der Waals surface area contributed by atoms with Crippen molar-refractivity contribution in [2.24, 2.45) is 0 Å². The Bertz CT molecular complexity index is 629. The molecule has 0 aliphatic carbocycles. The molecule has 2 aromatic rings. The molecule has 0 aliphatic rings. The predicted octanol–water partition coefficient (Wildman–Crippen LogP) is 4.49. The van der Waals surface area contributed by atoms with Crippen molar-refractivity contribution in [2.75, 3.05) is 5.32 Å². The minimum Gasteiger partial charge on any atom is -0.298 e. The van der Waals surface area contributed by atoms with Crippen LogP contribution >= 0.6 is 22.9 Å². The maximum Gasteiger partial charge on any atom is 0.261 e. The van der Waals surface area contributed by atoms with E-state index in [1.807, 2.05) is 26.2 Å². The van der Waals surface area contributed by atoms with Gasteiger partial charge in [-0.1, -0.05) is 38.4 Å². The van der Waals surface area contributed by atoms with Crippen molar-refractivity contribution in [1.29, 1.82) is 0 Å². The number of anilines is 1. The molecule has 20 heavy (non-hydrogen) atoms. The summed E-state index contributed by atoms with van der Waals surface area (Å²) in [6, 6.07) is 4.13. The molecule has 3 nitrogen and oxygen atoms in total. The van der Waals surface area contributed by atoms with Crippen molar-refractivity contribution >= 4 is 34.0 Å². The summed E-state index contributed by atoms with van der Waals surface area (Å²) in [6.45, 7) is 6.09. The van der Waals surface area contributed by atoms with Gasteiger partial charge >= 0.3 is 0 Å². The fourth-order valence-electron chi connectivity index (χ4n) is 1.55. The van der Waals surface area contributed by atoms with Gasteiger partial charge in [0.2, 0.25) is 0 Å². The molecule has 0 bridgehead atoms. The number of rotatable bonds is 2. The summed E-state index contributed by atoms with van der Waals surface area (Å²) < 4.78 is 13.6. The van der Waals surface area contributed by atoms with Gasteiger partial charge in [0.05, 0.1) is 16.3 Å². The number of carbonyl (C=O) groups excluding carboxylic acids is 1. The van der Waals surface area contributed by atoms with Crippen molar-refractivity contribution < 1.29 is 9.18 Å². The molecule has 1 N–H and O–H groups in total. The van der Waals surface area contributed by atoms with E-state index < -0.39 is 11.7 Å². The van der Waals surface area contributed by atoms with E-state index in [1.54, 1.807) is 0 Å². The number of nitrogens with one attached hydrogen (secondary N) is 1. The average molecular weight is 313 g/mol. The third kappa shape index (κ3) is 3.16. The Labute approximate surface area is 125 Å². The van der Waals surface area contributed by atoms with Crippen LogP contribution in [0.2, 0.25) is 5.02 Å². The zero-order valence-corrected chi connectivity index (χ0v) is 12.9. The number of amides is 1. The van der Waals surface area contributed by atoms with Gasteiger partial charge in [0, 0.05) is 10.8 Å². The first-order chi connectivity index (χ1) is 9.29. The number of hydrogen-bond acceptors (Lipinski definition) is 3. The number of nitrogens with zero attached hydrogens (tertiary/aromatic N) is 1. The molecule has 1 aromatic heterocycles. The molecule has 0 aliphatic heterocycles. The molecule has 1 amide bonds. The Kier molecular flexibility index (Phi) is 4.11. The summed E-state index contributed by atoms with van der Waals surface area (Å²) >= 11 is 7.15. The summed E-state index contributed by atoms with van der Waals surface area (Å²) in [4.78, 5) is 16.4. The first kappa shape index (κ1) is 14.9. The Hall–Kier alpha value is -1.46. The van der Waals surface area contributed by atoms with E-state index in [-0.39, 0.29) is 16.0 Å². The Morgan fingerprint density at radius 1 is 1.40 bits per heavy atom. The van der Waals surface area contributed by atoms with Crippen molar-refractivity contribution in [3.05, 3.63) is 45.7 Å². The Morgan fingerprint density at radius 2 is 2.10 bits per heavy atom. The lowest BCUT2D eigenvalue weighted by atomic mass is 9.93. The van der Waals surface area contributed by atoms with Crippen LogP contribution < -0.4 is 5.32 Å². The largest absolute Gasteiger partial charge is 0.298 e. The molecule has 0 spiro atoms. The van der Waals surface area contributed by atoms with Crippen LogP contribution in [0.4, 0.5) is 9.52 Å². The monoisotopic (exact) mass is 312 g/mol. The lowest BCUT2D eigenvalue weighted by Crippen LogP contribution is -2.15. The van der Waals surface area contributed by atoms with Crippen LogP contribution in [0.5, 0.6) is 0 Å². The number of hydrogen-bond donors (Lipinski definition) is 1. The summed E-state index contributed by atoms with van der Waals surface area (Å²) in [5.41, 5.74) is 0.605. The molecule has 0 saturated heterocycles. The smallest absolute Gasteiger partial charge is 0.261 e. The maximum atomic E-state index is 13.6. The van der Waals surface area contributed by atoms with E-state index in [9.17, 15) is 9.18 Å². The van der Waals surface area contributed by atoms with E-state index in [0.717, 1.165) is 5.69 Å². The molecule has 2 rings (SSSR count). The van der Waals surface area contributed by atoms with Crippen LogP contribution in [-0.2, 0) is 5.41 Å². The molecule has 0 atom stereocenters. The second kappa shape index (κ2) is 5.50. The van der Waals surface area contributed by atoms with Gasteiger partial charge in [-0.05, 0) is 12.1 Å². The van der Waals surface area contributed by atoms with Gasteiger partial charge in [-0.25, -0.2) is 9.37 Å². The third-order valence-electron chi connectivity index (χ3n) is 2.68. The van der Waals surface area contributed by atoms with E-state index in [2.05, 4.69) is 10.3 Å². The molecule has 106 valence electrons. The van der Waals surface area contributed by atoms with Crippen molar-refractivity contribution in [1.82, 2.24) is 4.98 Å². The van der Waals surface area contributed by atoms with Crippen molar-refractivity contribution in [3.63, 3.8) is 0 Å². The number of aromatic nitrogens is 1. The minimum absolute atomic E-state index is 0.0788. The summed E-state index contributed by atoms with van der Waals surface area (Å²) in [5, 5.41) is 4.96. The quantitative estimate of drug-likeness (QED) is 0.888. The minimum atomic E-state index is -0.650. The zero-order chi connectivity index (χ0) is 14.9. The molecule has 0 fully saturated rings. The van der Waals surface area contributed by atoms with Crippen LogP contribution in [0.25, 0.3) is 0 Å². The Morgan fingerprint density at radius 3 is 2.65 bits per heavy atom. The van der Waals surface area contributed by atoms with Crippen LogP contribution in [0.15, 0.2) is 23.6 Å². The van der Waals surface area contributed by atoms with Crippen molar-refractivity contribution in [3.8, 4) is 0 Å². The molecular weight excluding hydrogens is 299 g/mol. The highest BCUT2D eigenvalue weighted by atomic mass is 35.5. The van der Waals surface area contributed by atoms with E-state index in [4.69, 9.17) is 11.6 Å². The normalized spacial score (nSPS) is 11.4. The van der Waals surface area contributed by atoms with Gasteiger partial charge in [0.1, 0.15) is 5.82 Å². The fraction of sp³-hybridized carbons (Fsp3) is 0.286. The molecule has 6 heteroatoms. The van der Waals surface area contributed by atoms with Crippen LogP contribution in [-0.4, -0.2) is 10.9 Å². The molecule has 1 heterocycles. The standard InChI is InChI=1S/C14H14ClFN2OS/c1-14(2,3)10-7-20-13(17-10)18-12(19)11-8(15)5-4-6-9(11)16/h4-7H,1-3H3,(H,17,18,19). The van der Waals surface area contributed by atoms with Crippen LogP contribution in [0.3, 0.4) is 0 Å². The van der Waals surface area contributed by atoms with E-state index in [1.165, 1.54) is 29.5 Å². The molecule has 0 radical (unpaired) electrons. The van der Waals surface area contributed by atoms with Crippen LogP contribution in [0.1, 0.15) is 36.8 Å². The average Bonchev–Trinajstić information content (AvgIpc) is 2.76. The molecule has 0 unspecified atom stereocenters. The third-order valence-corrected chi connectivity index (χ3v) is 3.76. The summed E-state index contributed by atoms with van der Waals surface area (Å²) in [6.07, 6.45) is 0. The number of thiazole rings is 1. The zero-order valence-electron chi connectivity index (χ0n) is 11.3. The van der Waals surface area contributed by atoms with Gasteiger partial charge in [-0.15, -0.1) is 11.3 Å². The molecular formula is C14H14ClFN2OS. The maximum absolute atomic E-state index is 13.6. The molecule has 1 aromatic carbocycles. The number of carbonyl (C=O) groups is 1. The first-order valence-corrected chi connectivity index (χ1v) is 7.26. The Balaban J connectivity index is 2.22. The lowest BCUT2D eigenvalue weighted by molar-refractivity contribution is 0.102. The van der Waals surface area contributed by atoms with Gasteiger partial charge in [-0.2, -0.15) is 0 Å². The topological polar surface area (TPSA) is 42.0 Å². The highest BCUT2D eigenvalue weighted by molar-refractivity contribution is 7.14. The van der Waals surface area contributed by atoms with Crippen molar-refractivity contribution in [2.45, 2.75) is 26.2 Å². The molecule has 0 saturated carbocycles. The predicted molar refractivity (Wildman–Crippen MR) is 80.2 cm³/mol. The van der Waals surface area contributed by atoms with Gasteiger partial charge < -0.3 is 0 Å². The summed E-state index contributed by atoms with van der Waals surface area (Å²) in [7, 11) is 0. The second-order valence-electron chi connectivity index (χ2n) is 5.34. The van der Waals surface area contributed by atoms with Gasteiger partial charge in [-0.3, -0.25) is 10.1 Å². The number of halogens is 2. The van der Waals surface area contributed by atoms with E-state index in [0.29, 0.717) is 5.13 Å². The summed E-state index contributed by atoms with van der Waals surface area (Å²) in [5.74, 6) is -1.24. The fourth-order valence-corrected chi connectivity index (χ4v) is 2.73. The lowest BCUT2D eigenvalue weighted by Gasteiger charge is -2.14.